The molecule has 0 atom stereocenters. The van der Waals surface area contributed by atoms with Crippen molar-refractivity contribution < 1.29 is 9.59 Å². The standard InChI is InChI=1S/C12H17N3O2/c1-14-7-6-12(17)15-10-5-3-2-4-9(10)8-11(13)16/h2-5,14H,6-8H2,1H3,(H2,13,16)(H,15,17). The van der Waals surface area contributed by atoms with Crippen LogP contribution in [0.2, 0.25) is 0 Å². The second-order valence-corrected chi connectivity index (χ2v) is 3.70. The highest BCUT2D eigenvalue weighted by atomic mass is 16.2. The molecule has 2 amide bonds. The molecule has 0 spiro atoms. The molecule has 17 heavy (non-hydrogen) atoms. The third-order valence-corrected chi connectivity index (χ3v) is 2.26. The van der Waals surface area contributed by atoms with Crippen molar-refractivity contribution in [2.24, 2.45) is 5.73 Å². The Labute approximate surface area is 100 Å². The predicted octanol–water partition coefficient (Wildman–Crippen LogP) is 0.262. The molecule has 92 valence electrons. The van der Waals surface area contributed by atoms with Gasteiger partial charge in [-0.1, -0.05) is 18.2 Å². The monoisotopic (exact) mass is 235 g/mol. The average Bonchev–Trinajstić information content (AvgIpc) is 2.28. The summed E-state index contributed by atoms with van der Waals surface area (Å²) in [5.74, 6) is -0.502. The van der Waals surface area contributed by atoms with Crippen LogP contribution >= 0.6 is 0 Å². The summed E-state index contributed by atoms with van der Waals surface area (Å²) in [5, 5.41) is 5.66. The van der Waals surface area contributed by atoms with Crippen molar-refractivity contribution >= 4 is 17.5 Å². The summed E-state index contributed by atoms with van der Waals surface area (Å²) in [6.07, 6.45) is 0.518. The Hall–Kier alpha value is -1.88. The number of rotatable bonds is 6. The van der Waals surface area contributed by atoms with Crippen molar-refractivity contribution in [3.8, 4) is 0 Å². The first kappa shape index (κ1) is 13.2. The van der Waals surface area contributed by atoms with E-state index < -0.39 is 5.91 Å². The Morgan fingerprint density at radius 3 is 2.65 bits per heavy atom. The molecule has 0 radical (unpaired) electrons. The third-order valence-electron chi connectivity index (χ3n) is 2.26. The van der Waals surface area contributed by atoms with Crippen LogP contribution in [-0.2, 0) is 16.0 Å². The van der Waals surface area contributed by atoms with Crippen LogP contribution in [0.5, 0.6) is 0 Å². The molecule has 0 heterocycles. The topological polar surface area (TPSA) is 84.2 Å². The first-order valence-corrected chi connectivity index (χ1v) is 5.44. The van der Waals surface area contributed by atoms with E-state index in [0.29, 0.717) is 18.7 Å². The number of hydrogen-bond donors (Lipinski definition) is 3. The van der Waals surface area contributed by atoms with Crippen LogP contribution < -0.4 is 16.4 Å². The fourth-order valence-corrected chi connectivity index (χ4v) is 1.44. The quantitative estimate of drug-likeness (QED) is 0.661. The normalized spacial score (nSPS) is 9.94. The van der Waals surface area contributed by atoms with Gasteiger partial charge in [0.1, 0.15) is 0 Å². The zero-order valence-electron chi connectivity index (χ0n) is 9.82. The Morgan fingerprint density at radius 1 is 1.29 bits per heavy atom. The lowest BCUT2D eigenvalue weighted by molar-refractivity contribution is -0.118. The SMILES string of the molecule is CNCCC(=O)Nc1ccccc1CC(N)=O. The first-order chi connectivity index (χ1) is 8.13. The number of nitrogens with two attached hydrogens (primary N) is 1. The number of para-hydroxylation sites is 1. The molecule has 0 aromatic heterocycles. The molecule has 0 aliphatic carbocycles. The number of nitrogens with one attached hydrogen (secondary N) is 2. The summed E-state index contributed by atoms with van der Waals surface area (Å²) in [5.41, 5.74) is 6.52. The third kappa shape index (κ3) is 4.65. The molecule has 0 bridgehead atoms. The van der Waals surface area contributed by atoms with Crippen LogP contribution in [-0.4, -0.2) is 25.4 Å². The number of benzene rings is 1. The molecule has 1 aromatic carbocycles. The highest BCUT2D eigenvalue weighted by Gasteiger charge is 2.07. The summed E-state index contributed by atoms with van der Waals surface area (Å²) >= 11 is 0. The molecule has 1 rings (SSSR count). The van der Waals surface area contributed by atoms with Crippen LogP contribution in [0.15, 0.2) is 24.3 Å². The van der Waals surface area contributed by atoms with E-state index in [1.165, 1.54) is 0 Å². The van der Waals surface area contributed by atoms with Crippen LogP contribution in [0, 0.1) is 0 Å². The van der Waals surface area contributed by atoms with Gasteiger partial charge in [-0.2, -0.15) is 0 Å². The molecular weight excluding hydrogens is 218 g/mol. The summed E-state index contributed by atoms with van der Waals surface area (Å²) in [4.78, 5) is 22.4. The van der Waals surface area contributed by atoms with Gasteiger partial charge in [-0.15, -0.1) is 0 Å². The summed E-state index contributed by atoms with van der Waals surface area (Å²) in [6.45, 7) is 0.615. The van der Waals surface area contributed by atoms with Gasteiger partial charge < -0.3 is 16.4 Å². The number of hydrogen-bond acceptors (Lipinski definition) is 3. The van der Waals surface area contributed by atoms with E-state index in [2.05, 4.69) is 10.6 Å². The molecule has 0 fully saturated rings. The van der Waals surface area contributed by atoms with Gasteiger partial charge in [0.25, 0.3) is 0 Å². The molecule has 1 aromatic rings. The molecular formula is C12H17N3O2. The van der Waals surface area contributed by atoms with Gasteiger partial charge >= 0.3 is 0 Å². The van der Waals surface area contributed by atoms with Crippen LogP contribution in [0.25, 0.3) is 0 Å². The minimum Gasteiger partial charge on any atom is -0.369 e. The van der Waals surface area contributed by atoms with Gasteiger partial charge in [0.15, 0.2) is 0 Å². The molecule has 0 saturated heterocycles. The van der Waals surface area contributed by atoms with Crippen LogP contribution in [0.4, 0.5) is 5.69 Å². The van der Waals surface area contributed by atoms with Gasteiger partial charge in [-0.25, -0.2) is 0 Å². The maximum absolute atomic E-state index is 11.5. The number of carbonyl (C=O) groups excluding carboxylic acids is 2. The maximum atomic E-state index is 11.5. The summed E-state index contributed by atoms with van der Waals surface area (Å²) < 4.78 is 0. The van der Waals surface area contributed by atoms with Crippen molar-refractivity contribution in [3.05, 3.63) is 29.8 Å². The van der Waals surface area contributed by atoms with Gasteiger partial charge in [0.05, 0.1) is 6.42 Å². The predicted molar refractivity (Wildman–Crippen MR) is 66.5 cm³/mol. The Balaban J connectivity index is 2.69. The van der Waals surface area contributed by atoms with E-state index in [-0.39, 0.29) is 12.3 Å². The van der Waals surface area contributed by atoms with Crippen molar-refractivity contribution in [3.63, 3.8) is 0 Å². The molecule has 5 heteroatoms. The average molecular weight is 235 g/mol. The largest absolute Gasteiger partial charge is 0.369 e. The minimum absolute atomic E-state index is 0.0868. The van der Waals surface area contributed by atoms with Crippen LogP contribution in [0.1, 0.15) is 12.0 Å². The maximum Gasteiger partial charge on any atom is 0.225 e. The van der Waals surface area contributed by atoms with E-state index in [4.69, 9.17) is 5.73 Å². The Kier molecular flexibility index (Phi) is 5.16. The van der Waals surface area contributed by atoms with Crippen molar-refractivity contribution in [1.82, 2.24) is 5.32 Å². The molecule has 0 aliphatic heterocycles. The van der Waals surface area contributed by atoms with Crippen molar-refractivity contribution in [2.45, 2.75) is 12.8 Å². The van der Waals surface area contributed by atoms with E-state index in [1.807, 2.05) is 6.07 Å². The van der Waals surface area contributed by atoms with E-state index >= 15 is 0 Å². The van der Waals surface area contributed by atoms with Crippen LogP contribution in [0.3, 0.4) is 0 Å². The highest BCUT2D eigenvalue weighted by molar-refractivity contribution is 5.92. The van der Waals surface area contributed by atoms with Crippen molar-refractivity contribution in [1.29, 1.82) is 0 Å². The van der Waals surface area contributed by atoms with Gasteiger partial charge in [0, 0.05) is 18.7 Å². The fraction of sp³-hybridized carbons (Fsp3) is 0.333. The lowest BCUT2D eigenvalue weighted by atomic mass is 10.1. The Bertz CT molecular complexity index is 404. The fourth-order valence-electron chi connectivity index (χ4n) is 1.44. The Morgan fingerprint density at radius 2 is 2.00 bits per heavy atom. The number of anilines is 1. The van der Waals surface area contributed by atoms with E-state index in [1.54, 1.807) is 25.2 Å². The minimum atomic E-state index is -0.415. The van der Waals surface area contributed by atoms with Gasteiger partial charge in [0.2, 0.25) is 11.8 Å². The molecule has 0 aliphatic rings. The summed E-state index contributed by atoms with van der Waals surface area (Å²) in [7, 11) is 1.79. The lowest BCUT2D eigenvalue weighted by Gasteiger charge is -2.09. The molecule has 5 nitrogen and oxygen atoms in total. The zero-order chi connectivity index (χ0) is 12.7. The second kappa shape index (κ2) is 6.65. The van der Waals surface area contributed by atoms with Crippen molar-refractivity contribution in [2.75, 3.05) is 18.9 Å². The molecule has 0 unspecified atom stereocenters. The zero-order valence-corrected chi connectivity index (χ0v) is 9.82. The van der Waals surface area contributed by atoms with Gasteiger partial charge in [-0.05, 0) is 18.7 Å². The number of amides is 2. The lowest BCUT2D eigenvalue weighted by Crippen LogP contribution is -2.20. The molecule has 0 saturated carbocycles. The number of carbonyl (C=O) groups is 2. The van der Waals surface area contributed by atoms with E-state index in [9.17, 15) is 9.59 Å². The highest BCUT2D eigenvalue weighted by Crippen LogP contribution is 2.15. The smallest absolute Gasteiger partial charge is 0.225 e. The van der Waals surface area contributed by atoms with Gasteiger partial charge in [-0.3, -0.25) is 9.59 Å². The van der Waals surface area contributed by atoms with E-state index in [0.717, 1.165) is 5.56 Å². The second-order valence-electron chi connectivity index (χ2n) is 3.70. The number of primary amides is 1. The molecule has 4 N–H and O–H groups in total. The summed E-state index contributed by atoms with van der Waals surface area (Å²) in [6, 6.07) is 7.15. The first-order valence-electron chi connectivity index (χ1n) is 5.44.